The standard InChI is InChI=1S/C21H24F2N2OS/c1-15(2)24(13-16-4-3-5-19(23)12-16)14-20(26)25-10-11-27-21(25)17-6-8-18(22)9-7-17/h3-9,12,15,21H,10-11,13-14H2,1-2H3/p+1/t21-/m0/s1. The zero-order valence-electron chi connectivity index (χ0n) is 15.6. The van der Waals surface area contributed by atoms with Gasteiger partial charge in [0.25, 0.3) is 5.91 Å². The second kappa shape index (κ2) is 8.85. The molecule has 144 valence electrons. The Kier molecular flexibility index (Phi) is 6.50. The molecule has 1 fully saturated rings. The van der Waals surface area contributed by atoms with Gasteiger partial charge in [0.1, 0.15) is 23.6 Å². The van der Waals surface area contributed by atoms with Crippen LogP contribution in [0.1, 0.15) is 30.3 Å². The maximum atomic E-state index is 13.5. The highest BCUT2D eigenvalue weighted by atomic mass is 32.2. The third kappa shape index (κ3) is 5.08. The fourth-order valence-electron chi connectivity index (χ4n) is 3.30. The van der Waals surface area contributed by atoms with E-state index in [0.717, 1.165) is 21.8 Å². The number of nitrogens with one attached hydrogen (secondary N) is 1. The van der Waals surface area contributed by atoms with E-state index in [9.17, 15) is 13.6 Å². The van der Waals surface area contributed by atoms with Crippen LogP contribution in [-0.4, -0.2) is 35.7 Å². The van der Waals surface area contributed by atoms with Crippen molar-refractivity contribution in [1.82, 2.24) is 4.90 Å². The highest BCUT2D eigenvalue weighted by Gasteiger charge is 2.33. The molecule has 0 spiro atoms. The predicted octanol–water partition coefficient (Wildman–Crippen LogP) is 3.03. The van der Waals surface area contributed by atoms with Crippen LogP contribution in [0.4, 0.5) is 8.78 Å². The van der Waals surface area contributed by atoms with Gasteiger partial charge in [0, 0.05) is 17.9 Å². The molecule has 0 aromatic heterocycles. The molecule has 1 aliphatic rings. The van der Waals surface area contributed by atoms with E-state index in [1.807, 2.05) is 11.0 Å². The summed E-state index contributed by atoms with van der Waals surface area (Å²) >= 11 is 1.70. The molecule has 6 heteroatoms. The molecule has 0 aliphatic carbocycles. The van der Waals surface area contributed by atoms with Gasteiger partial charge in [0.2, 0.25) is 0 Å². The smallest absolute Gasteiger partial charge is 0.278 e. The van der Waals surface area contributed by atoms with Crippen LogP contribution >= 0.6 is 11.8 Å². The van der Waals surface area contributed by atoms with Crippen molar-refractivity contribution in [2.24, 2.45) is 0 Å². The minimum atomic E-state index is -0.273. The highest BCUT2D eigenvalue weighted by Crippen LogP contribution is 2.37. The van der Waals surface area contributed by atoms with Gasteiger partial charge < -0.3 is 9.80 Å². The Hall–Kier alpha value is -1.92. The molecule has 2 aromatic carbocycles. The first-order valence-corrected chi connectivity index (χ1v) is 10.2. The Morgan fingerprint density at radius 2 is 1.93 bits per heavy atom. The van der Waals surface area contributed by atoms with Crippen LogP contribution in [0.3, 0.4) is 0 Å². The maximum absolute atomic E-state index is 13.5. The van der Waals surface area contributed by atoms with Gasteiger partial charge in [-0.1, -0.05) is 24.3 Å². The van der Waals surface area contributed by atoms with Crippen molar-refractivity contribution in [3.63, 3.8) is 0 Å². The van der Waals surface area contributed by atoms with E-state index in [2.05, 4.69) is 13.8 Å². The monoisotopic (exact) mass is 391 g/mol. The molecule has 27 heavy (non-hydrogen) atoms. The zero-order valence-corrected chi connectivity index (χ0v) is 16.4. The van der Waals surface area contributed by atoms with Crippen LogP contribution in [0.2, 0.25) is 0 Å². The van der Waals surface area contributed by atoms with Crippen LogP contribution in [0.25, 0.3) is 0 Å². The first kappa shape index (κ1) is 19.8. The van der Waals surface area contributed by atoms with Gasteiger partial charge in [-0.15, -0.1) is 11.8 Å². The fraction of sp³-hybridized carbons (Fsp3) is 0.381. The lowest BCUT2D eigenvalue weighted by Crippen LogP contribution is -3.14. The second-order valence-corrected chi connectivity index (χ2v) is 8.35. The number of halogens is 2. The minimum Gasteiger partial charge on any atom is -0.321 e. The van der Waals surface area contributed by atoms with E-state index in [4.69, 9.17) is 0 Å². The normalized spacial score (nSPS) is 18.1. The summed E-state index contributed by atoms with van der Waals surface area (Å²) in [6.07, 6.45) is 0. The van der Waals surface area contributed by atoms with Crippen molar-refractivity contribution < 1.29 is 18.5 Å². The molecular formula is C21H25F2N2OS+. The Morgan fingerprint density at radius 3 is 2.59 bits per heavy atom. The lowest BCUT2D eigenvalue weighted by atomic mass is 10.1. The van der Waals surface area contributed by atoms with E-state index < -0.39 is 0 Å². The summed E-state index contributed by atoms with van der Waals surface area (Å²) in [6.45, 7) is 5.78. The van der Waals surface area contributed by atoms with Crippen LogP contribution in [0.5, 0.6) is 0 Å². The molecule has 1 N–H and O–H groups in total. The number of carbonyl (C=O) groups is 1. The van der Waals surface area contributed by atoms with Crippen molar-refractivity contribution in [1.29, 1.82) is 0 Å². The molecule has 1 unspecified atom stereocenters. The lowest BCUT2D eigenvalue weighted by Gasteiger charge is -2.28. The SMILES string of the molecule is CC(C)[NH+](CC(=O)N1CCS[C@H]1c1ccc(F)cc1)Cc1cccc(F)c1. The largest absolute Gasteiger partial charge is 0.321 e. The van der Waals surface area contributed by atoms with Crippen LogP contribution < -0.4 is 4.90 Å². The Balaban J connectivity index is 1.70. The molecule has 3 rings (SSSR count). The number of nitrogens with zero attached hydrogens (tertiary/aromatic N) is 1. The lowest BCUT2D eigenvalue weighted by molar-refractivity contribution is -0.927. The molecule has 3 nitrogen and oxygen atoms in total. The van der Waals surface area contributed by atoms with Crippen LogP contribution in [-0.2, 0) is 11.3 Å². The minimum absolute atomic E-state index is 0.0688. The molecule has 2 aromatic rings. The van der Waals surface area contributed by atoms with E-state index in [1.165, 1.54) is 24.3 Å². The number of rotatable bonds is 6. The van der Waals surface area contributed by atoms with Crippen molar-refractivity contribution in [3.05, 3.63) is 71.3 Å². The second-order valence-electron chi connectivity index (χ2n) is 7.16. The van der Waals surface area contributed by atoms with Gasteiger partial charge in [0.05, 0.1) is 6.04 Å². The predicted molar refractivity (Wildman–Crippen MR) is 104 cm³/mol. The average molecular weight is 392 g/mol. The first-order valence-electron chi connectivity index (χ1n) is 9.19. The number of thioether (sulfide) groups is 1. The number of benzene rings is 2. The summed E-state index contributed by atoms with van der Waals surface area (Å²) < 4.78 is 26.7. The molecule has 2 atom stereocenters. The van der Waals surface area contributed by atoms with Gasteiger partial charge in [-0.05, 0) is 43.7 Å². The molecule has 1 saturated heterocycles. The van der Waals surface area contributed by atoms with Crippen LogP contribution in [0, 0.1) is 11.6 Å². The number of carbonyl (C=O) groups excluding carboxylic acids is 1. The van der Waals surface area contributed by atoms with Crippen molar-refractivity contribution in [2.45, 2.75) is 31.8 Å². The summed E-state index contributed by atoms with van der Waals surface area (Å²) in [7, 11) is 0. The van der Waals surface area contributed by atoms with E-state index in [1.54, 1.807) is 30.0 Å². The number of quaternary nitrogens is 1. The van der Waals surface area contributed by atoms with E-state index in [-0.39, 0.29) is 29.0 Å². The quantitative estimate of drug-likeness (QED) is 0.819. The number of hydrogen-bond donors (Lipinski definition) is 1. The van der Waals surface area contributed by atoms with E-state index in [0.29, 0.717) is 19.6 Å². The third-order valence-electron chi connectivity index (χ3n) is 4.88. The summed E-state index contributed by atoms with van der Waals surface area (Å²) in [6, 6.07) is 13.2. The summed E-state index contributed by atoms with van der Waals surface area (Å²) in [4.78, 5) is 16.0. The van der Waals surface area contributed by atoms with Crippen molar-refractivity contribution >= 4 is 17.7 Å². The van der Waals surface area contributed by atoms with E-state index >= 15 is 0 Å². The highest BCUT2D eigenvalue weighted by molar-refractivity contribution is 7.99. The Labute approximate surface area is 163 Å². The van der Waals surface area contributed by atoms with Gasteiger partial charge in [-0.3, -0.25) is 4.79 Å². The number of amides is 1. The summed E-state index contributed by atoms with van der Waals surface area (Å²) in [5, 5.41) is -0.0688. The summed E-state index contributed by atoms with van der Waals surface area (Å²) in [5.41, 5.74) is 1.83. The van der Waals surface area contributed by atoms with Gasteiger partial charge in [-0.25, -0.2) is 8.78 Å². The molecule has 1 aliphatic heterocycles. The molecular weight excluding hydrogens is 366 g/mol. The van der Waals surface area contributed by atoms with Crippen molar-refractivity contribution in [2.75, 3.05) is 18.8 Å². The van der Waals surface area contributed by atoms with Gasteiger partial charge in [-0.2, -0.15) is 0 Å². The summed E-state index contributed by atoms with van der Waals surface area (Å²) in [5.74, 6) is 0.420. The zero-order chi connectivity index (χ0) is 19.4. The first-order chi connectivity index (χ1) is 12.9. The molecule has 1 amide bonds. The average Bonchev–Trinajstić information content (AvgIpc) is 3.11. The molecule has 0 saturated carbocycles. The molecule has 0 bridgehead atoms. The Bertz CT molecular complexity index is 782. The van der Waals surface area contributed by atoms with Gasteiger partial charge in [0.15, 0.2) is 6.54 Å². The van der Waals surface area contributed by atoms with Crippen molar-refractivity contribution in [3.8, 4) is 0 Å². The topological polar surface area (TPSA) is 24.8 Å². The van der Waals surface area contributed by atoms with Gasteiger partial charge >= 0.3 is 0 Å². The molecule has 0 radical (unpaired) electrons. The van der Waals surface area contributed by atoms with Crippen LogP contribution in [0.15, 0.2) is 48.5 Å². The third-order valence-corrected chi connectivity index (χ3v) is 6.14. The fourth-order valence-corrected chi connectivity index (χ4v) is 4.58. The maximum Gasteiger partial charge on any atom is 0.278 e. The Morgan fingerprint density at radius 1 is 1.19 bits per heavy atom. The molecule has 1 heterocycles. The number of hydrogen-bond acceptors (Lipinski definition) is 2.